The van der Waals surface area contributed by atoms with Gasteiger partial charge in [0.25, 0.3) is 0 Å². The first-order valence-electron chi connectivity index (χ1n) is 9.81. The number of fused-ring (bicyclic) bond motifs is 1. The molecule has 0 aliphatic carbocycles. The van der Waals surface area contributed by atoms with Gasteiger partial charge in [-0.05, 0) is 35.7 Å². The Morgan fingerprint density at radius 1 is 0.595 bits per heavy atom. The van der Waals surface area contributed by atoms with Crippen molar-refractivity contribution in [3.05, 3.63) is 60.8 Å². The zero-order valence-corrected chi connectivity index (χ0v) is 17.7. The molecule has 1 aromatic heterocycles. The highest BCUT2D eigenvalue weighted by molar-refractivity contribution is 5.94. The lowest BCUT2D eigenvalue weighted by atomic mass is 9.94. The average Bonchev–Trinajstić information content (AvgIpc) is 2.81. The van der Waals surface area contributed by atoms with Crippen LogP contribution in [0.1, 0.15) is 0 Å². The van der Waals surface area contributed by atoms with Crippen LogP contribution in [0.5, 0.6) is 5.75 Å². The number of rotatable bonds is 8. The normalized spacial score (nSPS) is 14.2. The van der Waals surface area contributed by atoms with E-state index >= 15 is 0 Å². The van der Waals surface area contributed by atoms with Gasteiger partial charge in [0.1, 0.15) is 5.75 Å². The van der Waals surface area contributed by atoms with Crippen LogP contribution in [0.3, 0.4) is 0 Å². The van der Waals surface area contributed by atoms with Crippen molar-refractivity contribution in [2.45, 2.75) is 35.8 Å². The number of pyridine rings is 1. The molecule has 0 amide bonds. The van der Waals surface area contributed by atoms with E-state index in [0.29, 0.717) is 16.6 Å². The summed E-state index contributed by atoms with van der Waals surface area (Å²) >= 11 is 0. The van der Waals surface area contributed by atoms with Crippen LogP contribution in [0.15, 0.2) is 60.8 Å². The zero-order chi connectivity index (χ0) is 28.1. The number of halogens is 13. The van der Waals surface area contributed by atoms with Crippen molar-refractivity contribution >= 4 is 10.8 Å². The molecule has 0 saturated heterocycles. The first-order chi connectivity index (χ1) is 16.8. The van der Waals surface area contributed by atoms with Crippen molar-refractivity contribution in [1.82, 2.24) is 4.98 Å². The van der Waals surface area contributed by atoms with E-state index in [1.807, 2.05) is 0 Å². The highest BCUT2D eigenvalue weighted by Crippen LogP contribution is 2.60. The van der Waals surface area contributed by atoms with Crippen molar-refractivity contribution in [3.63, 3.8) is 0 Å². The summed E-state index contributed by atoms with van der Waals surface area (Å²) in [5, 5.41) is 1.42. The van der Waals surface area contributed by atoms with E-state index in [4.69, 9.17) is 0 Å². The molecular formula is C22H12F13NO. The van der Waals surface area contributed by atoms with Gasteiger partial charge in [-0.3, -0.25) is 4.98 Å². The highest BCUT2D eigenvalue weighted by Gasteiger charge is 2.90. The summed E-state index contributed by atoms with van der Waals surface area (Å²) < 4.78 is 175. The zero-order valence-electron chi connectivity index (χ0n) is 17.7. The van der Waals surface area contributed by atoms with E-state index in [1.54, 1.807) is 30.3 Å². The van der Waals surface area contributed by atoms with Gasteiger partial charge in [-0.15, -0.1) is 0 Å². The summed E-state index contributed by atoms with van der Waals surface area (Å²) in [5.41, 5.74) is 0.760. The average molecular weight is 553 g/mol. The van der Waals surface area contributed by atoms with Gasteiger partial charge in [0.05, 0.1) is 5.69 Å². The molecule has 0 fully saturated rings. The monoisotopic (exact) mass is 553 g/mol. The van der Waals surface area contributed by atoms with Gasteiger partial charge in [0, 0.05) is 17.1 Å². The van der Waals surface area contributed by atoms with Gasteiger partial charge in [-0.1, -0.05) is 24.3 Å². The molecular weight excluding hydrogens is 541 g/mol. The maximum atomic E-state index is 13.9. The predicted octanol–water partition coefficient (Wildman–Crippen LogP) is 8.02. The molecule has 202 valence electrons. The Bertz CT molecular complexity index is 1250. The smallest absolute Gasteiger partial charge is 0.460 e. The first-order valence-corrected chi connectivity index (χ1v) is 9.81. The van der Waals surface area contributed by atoms with E-state index < -0.39 is 48.1 Å². The maximum absolute atomic E-state index is 13.9. The van der Waals surface area contributed by atoms with E-state index in [9.17, 15) is 57.1 Å². The van der Waals surface area contributed by atoms with E-state index in [-0.39, 0.29) is 0 Å². The third kappa shape index (κ3) is 4.52. The van der Waals surface area contributed by atoms with Gasteiger partial charge >= 0.3 is 35.8 Å². The summed E-state index contributed by atoms with van der Waals surface area (Å²) in [6.07, 6.45) is -6.01. The molecule has 0 atom stereocenters. The van der Waals surface area contributed by atoms with Crippen LogP contribution in [0.2, 0.25) is 0 Å². The number of nitrogens with zero attached hydrogens (tertiary/aromatic N) is 1. The largest absolute Gasteiger partial charge is 0.487 e. The Morgan fingerprint density at radius 2 is 1.14 bits per heavy atom. The van der Waals surface area contributed by atoms with Crippen LogP contribution in [-0.2, 0) is 0 Å². The van der Waals surface area contributed by atoms with E-state index in [1.165, 1.54) is 18.3 Å². The molecule has 0 aliphatic rings. The second-order valence-corrected chi connectivity index (χ2v) is 7.69. The molecule has 0 unspecified atom stereocenters. The Balaban J connectivity index is 1.83. The third-order valence-electron chi connectivity index (χ3n) is 5.22. The summed E-state index contributed by atoms with van der Waals surface area (Å²) in [6.45, 7) is -2.77. The van der Waals surface area contributed by atoms with Crippen LogP contribution in [0.4, 0.5) is 57.1 Å². The minimum Gasteiger partial charge on any atom is -0.487 e. The van der Waals surface area contributed by atoms with Crippen molar-refractivity contribution in [2.75, 3.05) is 6.61 Å². The number of hydrogen-bond acceptors (Lipinski definition) is 2. The molecule has 0 radical (unpaired) electrons. The fourth-order valence-corrected chi connectivity index (χ4v) is 3.13. The lowest BCUT2D eigenvalue weighted by molar-refractivity contribution is -0.440. The molecule has 37 heavy (non-hydrogen) atoms. The highest BCUT2D eigenvalue weighted by atomic mass is 19.4. The number of ether oxygens (including phenoxy) is 1. The van der Waals surface area contributed by atoms with Crippen LogP contribution in [0, 0.1) is 0 Å². The van der Waals surface area contributed by atoms with E-state index in [2.05, 4.69) is 9.72 Å². The minimum absolute atomic E-state index is 0.363. The first kappa shape index (κ1) is 28.3. The minimum atomic E-state index is -7.95. The number of benzene rings is 2. The van der Waals surface area contributed by atoms with Crippen LogP contribution >= 0.6 is 0 Å². The molecule has 1 heterocycles. The number of alkyl halides is 13. The summed E-state index contributed by atoms with van der Waals surface area (Å²) in [6, 6.07) is 12.8. The van der Waals surface area contributed by atoms with Gasteiger partial charge in [0.15, 0.2) is 6.61 Å². The Labute approximate surface area is 198 Å². The predicted molar refractivity (Wildman–Crippen MR) is 103 cm³/mol. The maximum Gasteiger partial charge on any atom is 0.460 e. The SMILES string of the molecule is FC(F)(F)C(F)(F)C(F)(F)C(F)(F)C(F)(F)C(F)(F)COc1ccc(-c2nccc3ccccc23)cc1. The van der Waals surface area contributed by atoms with Crippen molar-refractivity contribution in [1.29, 1.82) is 0 Å². The van der Waals surface area contributed by atoms with Crippen LogP contribution in [0.25, 0.3) is 22.0 Å². The quantitative estimate of drug-likeness (QED) is 0.264. The Morgan fingerprint density at radius 3 is 1.70 bits per heavy atom. The topological polar surface area (TPSA) is 22.1 Å². The van der Waals surface area contributed by atoms with Crippen LogP contribution < -0.4 is 4.74 Å². The summed E-state index contributed by atoms with van der Waals surface area (Å²) in [7, 11) is 0. The van der Waals surface area contributed by atoms with Gasteiger partial charge in [-0.2, -0.15) is 57.1 Å². The Hall–Kier alpha value is -3.26. The third-order valence-corrected chi connectivity index (χ3v) is 5.22. The molecule has 15 heteroatoms. The molecule has 0 aliphatic heterocycles. The lowest BCUT2D eigenvalue weighted by Gasteiger charge is -2.39. The molecule has 3 rings (SSSR count). The Kier molecular flexibility index (Phi) is 6.84. The van der Waals surface area contributed by atoms with E-state index in [0.717, 1.165) is 17.5 Å². The second kappa shape index (κ2) is 8.94. The second-order valence-electron chi connectivity index (χ2n) is 7.69. The lowest BCUT2D eigenvalue weighted by Crippen LogP contribution is -2.70. The summed E-state index contributed by atoms with van der Waals surface area (Å²) in [5.74, 6) is -38.0. The molecule has 0 bridgehead atoms. The molecule has 0 N–H and O–H groups in total. The molecule has 2 aromatic carbocycles. The molecule has 3 aromatic rings. The number of aromatic nitrogens is 1. The summed E-state index contributed by atoms with van der Waals surface area (Å²) in [4.78, 5) is 4.16. The van der Waals surface area contributed by atoms with Crippen molar-refractivity contribution in [3.8, 4) is 17.0 Å². The van der Waals surface area contributed by atoms with Gasteiger partial charge in [0.2, 0.25) is 0 Å². The van der Waals surface area contributed by atoms with Gasteiger partial charge < -0.3 is 4.74 Å². The number of hydrogen-bond donors (Lipinski definition) is 0. The van der Waals surface area contributed by atoms with Crippen LogP contribution in [-0.4, -0.2) is 47.4 Å². The molecule has 0 spiro atoms. The molecule has 0 saturated carbocycles. The fraction of sp³-hybridized carbons (Fsp3) is 0.318. The van der Waals surface area contributed by atoms with Crippen molar-refractivity contribution < 1.29 is 61.8 Å². The fourth-order valence-electron chi connectivity index (χ4n) is 3.13. The standard InChI is InChI=1S/C22H12F13NO/c23-17(24,18(25,26)19(27,28)20(29,30)21(31,32)22(33,34)35)11-37-14-7-5-13(6-8-14)16-15-4-2-1-3-12(15)9-10-36-16/h1-10H,11H2. The molecule has 2 nitrogen and oxygen atoms in total. The van der Waals surface area contributed by atoms with Gasteiger partial charge in [-0.25, -0.2) is 0 Å². The van der Waals surface area contributed by atoms with Crippen molar-refractivity contribution in [2.24, 2.45) is 0 Å².